The number of carboxylic acids is 4. The number of carbonyl (C=O) groups excluding carboxylic acids is 1. The van der Waals surface area contributed by atoms with Crippen molar-refractivity contribution in [3.8, 4) is 0 Å². The molecule has 0 spiro atoms. The Morgan fingerprint density at radius 3 is 1.69 bits per heavy atom. The first-order valence-electron chi connectivity index (χ1n) is 16.2. The Morgan fingerprint density at radius 1 is 0.692 bits per heavy atom. The Balaban J connectivity index is 0.000000277. The predicted molar refractivity (Wildman–Crippen MR) is 193 cm³/mol. The molecule has 0 radical (unpaired) electrons. The maximum Gasteiger partial charge on any atom is 0.336 e. The van der Waals surface area contributed by atoms with Crippen LogP contribution in [-0.2, 0) is 23.9 Å². The summed E-state index contributed by atoms with van der Waals surface area (Å²) < 4.78 is 6.16. The van der Waals surface area contributed by atoms with Crippen LogP contribution in [0.2, 0.25) is 0 Å². The molecule has 4 aromatic rings. The molecule has 0 heterocycles. The Kier molecular flexibility index (Phi) is 17.0. The molecule has 4 aromatic carbocycles. The number of hydrogen-bond donors (Lipinski definition) is 5. The fraction of sp³-hybridized carbons (Fsp3) is 0.275. The van der Waals surface area contributed by atoms with Crippen molar-refractivity contribution in [2.45, 2.75) is 44.3 Å². The van der Waals surface area contributed by atoms with Crippen molar-refractivity contribution in [2.75, 3.05) is 27.2 Å². The van der Waals surface area contributed by atoms with E-state index < -0.39 is 48.2 Å². The largest absolute Gasteiger partial charge is 0.481 e. The molecule has 0 aliphatic heterocycles. The van der Waals surface area contributed by atoms with Crippen LogP contribution in [0.3, 0.4) is 0 Å². The summed E-state index contributed by atoms with van der Waals surface area (Å²) in [5, 5.41) is 42.8. The standard InChI is InChI=1S/C18H23NO.C16H14O3.C6H8O7/c1-15-9-7-8-12-17(15)18(20-14-13-19(2)3)16-10-5-4-6-11-16;1-11(16(18)19)13-8-5-9-14(10-13)15(17)12-6-3-2-4-7-12;7-3(8)1-6(13,5(11)12)2-4(9)10/h4-12,18H,13-14H2,1-3H3;2-11H,1H3,(H,18,19);13H,1-2H2,(H,7,8)(H,9,10)(H,11,12). The number of ketones is 1. The molecule has 0 fully saturated rings. The fourth-order valence-electron chi connectivity index (χ4n) is 4.79. The van der Waals surface area contributed by atoms with Crippen molar-refractivity contribution in [1.29, 1.82) is 0 Å². The van der Waals surface area contributed by atoms with E-state index in [-0.39, 0.29) is 11.9 Å². The van der Waals surface area contributed by atoms with Crippen LogP contribution >= 0.6 is 0 Å². The van der Waals surface area contributed by atoms with Gasteiger partial charge in [0, 0.05) is 17.7 Å². The van der Waals surface area contributed by atoms with Gasteiger partial charge in [-0.05, 0) is 56.3 Å². The fourth-order valence-corrected chi connectivity index (χ4v) is 4.79. The highest BCUT2D eigenvalue weighted by Gasteiger charge is 2.40. The van der Waals surface area contributed by atoms with Crippen molar-refractivity contribution in [3.63, 3.8) is 0 Å². The Hall–Kier alpha value is -5.69. The molecule has 276 valence electrons. The van der Waals surface area contributed by atoms with Gasteiger partial charge in [-0.3, -0.25) is 19.2 Å². The van der Waals surface area contributed by atoms with Gasteiger partial charge in [-0.25, -0.2) is 4.79 Å². The lowest BCUT2D eigenvalue weighted by Gasteiger charge is -2.22. The van der Waals surface area contributed by atoms with Crippen LogP contribution in [0.4, 0.5) is 0 Å². The molecule has 0 aliphatic rings. The first-order valence-corrected chi connectivity index (χ1v) is 16.2. The highest BCUT2D eigenvalue weighted by atomic mass is 16.5. The second-order valence-electron chi connectivity index (χ2n) is 12.2. The van der Waals surface area contributed by atoms with Crippen LogP contribution in [0.5, 0.6) is 0 Å². The lowest BCUT2D eigenvalue weighted by atomic mass is 9.96. The summed E-state index contributed by atoms with van der Waals surface area (Å²) in [5.41, 5.74) is 2.73. The third-order valence-corrected chi connectivity index (χ3v) is 7.74. The van der Waals surface area contributed by atoms with E-state index >= 15 is 0 Å². The third-order valence-electron chi connectivity index (χ3n) is 7.74. The summed E-state index contributed by atoms with van der Waals surface area (Å²) in [6, 6.07) is 34.6. The van der Waals surface area contributed by atoms with E-state index in [0.29, 0.717) is 16.7 Å². The number of benzene rings is 4. The lowest BCUT2D eigenvalue weighted by molar-refractivity contribution is -0.170. The highest BCUT2D eigenvalue weighted by molar-refractivity contribution is 6.09. The Bertz CT molecular complexity index is 1760. The van der Waals surface area contributed by atoms with Crippen molar-refractivity contribution >= 4 is 29.7 Å². The topological polar surface area (TPSA) is 199 Å². The first-order chi connectivity index (χ1) is 24.6. The molecule has 0 aliphatic carbocycles. The van der Waals surface area contributed by atoms with E-state index in [0.717, 1.165) is 13.2 Å². The van der Waals surface area contributed by atoms with Crippen molar-refractivity contribution < 1.29 is 54.2 Å². The normalized spacial score (nSPS) is 11.9. The smallest absolute Gasteiger partial charge is 0.336 e. The van der Waals surface area contributed by atoms with E-state index in [9.17, 15) is 24.0 Å². The molecule has 12 nitrogen and oxygen atoms in total. The number of aliphatic carboxylic acids is 4. The molecule has 2 atom stereocenters. The van der Waals surface area contributed by atoms with Crippen LogP contribution < -0.4 is 0 Å². The van der Waals surface area contributed by atoms with Crippen LogP contribution in [0.1, 0.15) is 70.0 Å². The quantitative estimate of drug-likeness (QED) is 0.0968. The van der Waals surface area contributed by atoms with Gasteiger partial charge in [-0.1, -0.05) is 103 Å². The van der Waals surface area contributed by atoms with Gasteiger partial charge in [0.1, 0.15) is 6.10 Å². The average Bonchev–Trinajstić information content (AvgIpc) is 3.10. The third kappa shape index (κ3) is 13.9. The van der Waals surface area contributed by atoms with Gasteiger partial charge in [0.2, 0.25) is 0 Å². The summed E-state index contributed by atoms with van der Waals surface area (Å²) in [6.07, 6.45) is -2.28. The monoisotopic (exact) mass is 715 g/mol. The highest BCUT2D eigenvalue weighted by Crippen LogP contribution is 2.28. The number of carbonyl (C=O) groups is 5. The number of carboxylic acid groups (broad SMARTS) is 4. The van der Waals surface area contributed by atoms with Gasteiger partial charge in [0.25, 0.3) is 0 Å². The van der Waals surface area contributed by atoms with Crippen molar-refractivity contribution in [3.05, 3.63) is 143 Å². The number of likely N-dealkylation sites (N-methyl/N-ethyl adjacent to an activating group) is 1. The molecule has 0 bridgehead atoms. The minimum atomic E-state index is -2.74. The van der Waals surface area contributed by atoms with E-state index in [1.807, 2.05) is 12.1 Å². The summed E-state index contributed by atoms with van der Waals surface area (Å²) in [5.74, 6) is -6.64. The molecule has 2 unspecified atom stereocenters. The van der Waals surface area contributed by atoms with Gasteiger partial charge in [-0.2, -0.15) is 0 Å². The van der Waals surface area contributed by atoms with Crippen LogP contribution in [0.25, 0.3) is 0 Å². The van der Waals surface area contributed by atoms with Crippen LogP contribution in [0, 0.1) is 6.92 Å². The average molecular weight is 716 g/mol. The van der Waals surface area contributed by atoms with E-state index in [1.165, 1.54) is 16.7 Å². The van der Waals surface area contributed by atoms with Gasteiger partial charge < -0.3 is 35.2 Å². The molecule has 0 saturated heterocycles. The number of aliphatic hydroxyl groups is 1. The number of nitrogens with zero attached hydrogens (tertiary/aromatic N) is 1. The second-order valence-corrected chi connectivity index (χ2v) is 12.2. The molecule has 0 amide bonds. The maximum absolute atomic E-state index is 12.2. The molecule has 4 rings (SSSR count). The van der Waals surface area contributed by atoms with E-state index in [4.69, 9.17) is 30.3 Å². The molecule has 52 heavy (non-hydrogen) atoms. The molecular weight excluding hydrogens is 670 g/mol. The summed E-state index contributed by atoms with van der Waals surface area (Å²) >= 11 is 0. The molecule has 0 saturated carbocycles. The first kappa shape index (κ1) is 42.5. The summed E-state index contributed by atoms with van der Waals surface area (Å²) in [6.45, 7) is 5.39. The predicted octanol–water partition coefficient (Wildman–Crippen LogP) is 5.52. The lowest BCUT2D eigenvalue weighted by Crippen LogP contribution is -2.42. The minimum Gasteiger partial charge on any atom is -0.481 e. The van der Waals surface area contributed by atoms with E-state index in [2.05, 4.69) is 74.4 Å². The zero-order valence-corrected chi connectivity index (χ0v) is 29.5. The molecule has 0 aromatic heterocycles. The molecule has 12 heteroatoms. The minimum absolute atomic E-state index is 0.0114. The number of rotatable bonds is 15. The van der Waals surface area contributed by atoms with Gasteiger partial charge in [0.15, 0.2) is 11.4 Å². The summed E-state index contributed by atoms with van der Waals surface area (Å²) in [4.78, 5) is 55.8. The van der Waals surface area contributed by atoms with Crippen LogP contribution in [0.15, 0.2) is 109 Å². The number of ether oxygens (including phenoxy) is 1. The molecule has 5 N–H and O–H groups in total. The number of aryl methyl sites for hydroxylation is 1. The molecular formula is C40H45NO11. The zero-order valence-electron chi connectivity index (χ0n) is 29.5. The zero-order chi connectivity index (χ0) is 38.8. The van der Waals surface area contributed by atoms with Gasteiger partial charge >= 0.3 is 23.9 Å². The van der Waals surface area contributed by atoms with Gasteiger partial charge in [-0.15, -0.1) is 0 Å². The second kappa shape index (κ2) is 20.9. The Morgan fingerprint density at radius 2 is 1.19 bits per heavy atom. The van der Waals surface area contributed by atoms with E-state index in [1.54, 1.807) is 55.5 Å². The summed E-state index contributed by atoms with van der Waals surface area (Å²) in [7, 11) is 4.13. The number of hydrogen-bond acceptors (Lipinski definition) is 8. The SMILES string of the molecule is CC(C(=O)O)c1cccc(C(=O)c2ccccc2)c1.Cc1ccccc1C(OCCN(C)C)c1ccccc1.O=C(O)CC(O)(CC(=O)O)C(=O)O. The van der Waals surface area contributed by atoms with Gasteiger partial charge in [0.05, 0.1) is 25.4 Å². The maximum atomic E-state index is 12.2. The van der Waals surface area contributed by atoms with Crippen molar-refractivity contribution in [2.24, 2.45) is 0 Å². The Labute approximate surface area is 302 Å². The van der Waals surface area contributed by atoms with Crippen molar-refractivity contribution in [1.82, 2.24) is 4.90 Å². The van der Waals surface area contributed by atoms with Crippen LogP contribution in [-0.4, -0.2) is 92.9 Å².